The highest BCUT2D eigenvalue weighted by Gasteiger charge is 2.19. The number of hydrogen-bond donors (Lipinski definition) is 2. The molecule has 0 aliphatic carbocycles. The predicted molar refractivity (Wildman–Crippen MR) is 58.5 cm³/mol. The molecule has 0 saturated carbocycles. The molecule has 1 rings (SSSR count). The summed E-state index contributed by atoms with van der Waals surface area (Å²) >= 11 is 5.58. The molecule has 0 spiro atoms. The van der Waals surface area contributed by atoms with Crippen LogP contribution in [0.4, 0.5) is 5.82 Å². The molecule has 15 heavy (non-hydrogen) atoms. The molecule has 1 atom stereocenters. The fourth-order valence-electron chi connectivity index (χ4n) is 1.12. The molecule has 1 aromatic heterocycles. The van der Waals surface area contributed by atoms with Crippen molar-refractivity contribution in [2.24, 2.45) is 11.7 Å². The Bertz CT molecular complexity index is 338. The van der Waals surface area contributed by atoms with Crippen LogP contribution in [-0.4, -0.2) is 22.1 Å². The van der Waals surface area contributed by atoms with Gasteiger partial charge in [-0.3, -0.25) is 4.79 Å². The van der Waals surface area contributed by atoms with Crippen molar-refractivity contribution >= 4 is 23.3 Å². The normalized spacial score (nSPS) is 12.5. The van der Waals surface area contributed by atoms with Crippen molar-refractivity contribution in [3.8, 4) is 0 Å². The summed E-state index contributed by atoms with van der Waals surface area (Å²) in [4.78, 5) is 11.1. The zero-order valence-electron chi connectivity index (χ0n) is 8.57. The average Bonchev–Trinajstić information content (AvgIpc) is 2.15. The lowest BCUT2D eigenvalue weighted by Gasteiger charge is -2.18. The van der Waals surface area contributed by atoms with Gasteiger partial charge in [0.1, 0.15) is 11.9 Å². The Morgan fingerprint density at radius 2 is 2.13 bits per heavy atom. The summed E-state index contributed by atoms with van der Waals surface area (Å²) < 4.78 is 0. The number of rotatable bonds is 4. The molecular weight excluding hydrogens is 216 g/mol. The second-order valence-electron chi connectivity index (χ2n) is 3.51. The maximum atomic E-state index is 11.1. The second kappa shape index (κ2) is 4.93. The van der Waals surface area contributed by atoms with Crippen LogP contribution in [0.15, 0.2) is 12.1 Å². The first-order chi connectivity index (χ1) is 7.00. The smallest absolute Gasteiger partial charge is 0.240 e. The molecular formula is C9H13ClN4O. The van der Waals surface area contributed by atoms with Crippen LogP contribution in [0.3, 0.4) is 0 Å². The SMILES string of the molecule is CC(C)C(Nc1ccc(Cl)nn1)C(N)=O. The van der Waals surface area contributed by atoms with E-state index in [0.717, 1.165) is 0 Å². The monoisotopic (exact) mass is 228 g/mol. The van der Waals surface area contributed by atoms with Gasteiger partial charge in [-0.1, -0.05) is 25.4 Å². The number of carbonyl (C=O) groups is 1. The number of carbonyl (C=O) groups excluding carboxylic acids is 1. The summed E-state index contributed by atoms with van der Waals surface area (Å²) in [5.41, 5.74) is 5.24. The summed E-state index contributed by atoms with van der Waals surface area (Å²) in [6, 6.07) is 2.78. The van der Waals surface area contributed by atoms with Gasteiger partial charge in [-0.15, -0.1) is 10.2 Å². The second-order valence-corrected chi connectivity index (χ2v) is 3.90. The van der Waals surface area contributed by atoms with Crippen LogP contribution in [0.2, 0.25) is 5.15 Å². The van der Waals surface area contributed by atoms with Crippen LogP contribution >= 0.6 is 11.6 Å². The van der Waals surface area contributed by atoms with E-state index in [2.05, 4.69) is 15.5 Å². The van der Waals surface area contributed by atoms with Crippen molar-refractivity contribution in [1.29, 1.82) is 0 Å². The third-order valence-electron chi connectivity index (χ3n) is 1.91. The summed E-state index contributed by atoms with van der Waals surface area (Å²) in [7, 11) is 0. The number of hydrogen-bond acceptors (Lipinski definition) is 4. The molecule has 0 bridgehead atoms. The third-order valence-corrected chi connectivity index (χ3v) is 2.11. The highest BCUT2D eigenvalue weighted by Crippen LogP contribution is 2.11. The number of aromatic nitrogens is 2. The number of anilines is 1. The molecule has 0 saturated heterocycles. The quantitative estimate of drug-likeness (QED) is 0.807. The average molecular weight is 229 g/mol. The first-order valence-corrected chi connectivity index (χ1v) is 4.93. The van der Waals surface area contributed by atoms with Crippen LogP contribution in [0, 0.1) is 5.92 Å². The Kier molecular flexibility index (Phi) is 3.85. The molecule has 0 aliphatic heterocycles. The fraction of sp³-hybridized carbons (Fsp3) is 0.444. The van der Waals surface area contributed by atoms with E-state index < -0.39 is 11.9 Å². The van der Waals surface area contributed by atoms with Crippen LogP contribution in [-0.2, 0) is 4.79 Å². The van der Waals surface area contributed by atoms with Gasteiger partial charge >= 0.3 is 0 Å². The van der Waals surface area contributed by atoms with Crippen molar-refractivity contribution in [3.05, 3.63) is 17.3 Å². The number of primary amides is 1. The van der Waals surface area contributed by atoms with E-state index in [4.69, 9.17) is 17.3 Å². The first kappa shape index (κ1) is 11.7. The lowest BCUT2D eigenvalue weighted by atomic mass is 10.0. The van der Waals surface area contributed by atoms with Crippen molar-refractivity contribution in [1.82, 2.24) is 10.2 Å². The largest absolute Gasteiger partial charge is 0.368 e. The standard InChI is InChI=1S/C9H13ClN4O/c1-5(2)8(9(11)15)12-7-4-3-6(10)13-14-7/h3-5,8H,1-2H3,(H2,11,15)(H,12,14). The van der Waals surface area contributed by atoms with Gasteiger partial charge in [-0.25, -0.2) is 0 Å². The van der Waals surface area contributed by atoms with Gasteiger partial charge in [-0.2, -0.15) is 0 Å². The lowest BCUT2D eigenvalue weighted by molar-refractivity contribution is -0.119. The lowest BCUT2D eigenvalue weighted by Crippen LogP contribution is -2.39. The molecule has 6 heteroatoms. The maximum absolute atomic E-state index is 11.1. The summed E-state index contributed by atoms with van der Waals surface area (Å²) in [6.45, 7) is 3.79. The molecule has 1 unspecified atom stereocenters. The molecule has 0 aliphatic rings. The molecule has 5 nitrogen and oxygen atoms in total. The summed E-state index contributed by atoms with van der Waals surface area (Å²) in [5, 5.41) is 10.6. The van der Waals surface area contributed by atoms with Crippen LogP contribution in [0.5, 0.6) is 0 Å². The number of nitrogens with zero attached hydrogens (tertiary/aromatic N) is 2. The van der Waals surface area contributed by atoms with Gasteiger partial charge < -0.3 is 11.1 Å². The third kappa shape index (κ3) is 3.36. The molecule has 3 N–H and O–H groups in total. The van der Waals surface area contributed by atoms with Crippen LogP contribution < -0.4 is 11.1 Å². The van der Waals surface area contributed by atoms with E-state index in [1.165, 1.54) is 0 Å². The molecule has 1 aromatic rings. The van der Waals surface area contributed by atoms with E-state index in [9.17, 15) is 4.79 Å². The van der Waals surface area contributed by atoms with Gasteiger partial charge in [0.25, 0.3) is 0 Å². The van der Waals surface area contributed by atoms with Gasteiger partial charge in [-0.05, 0) is 18.1 Å². The van der Waals surface area contributed by atoms with E-state index in [1.54, 1.807) is 12.1 Å². The number of nitrogens with two attached hydrogens (primary N) is 1. The molecule has 82 valence electrons. The van der Waals surface area contributed by atoms with Crippen LogP contribution in [0.25, 0.3) is 0 Å². The Hall–Kier alpha value is -1.36. The number of halogens is 1. The minimum absolute atomic E-state index is 0.0833. The topological polar surface area (TPSA) is 80.9 Å². The van der Waals surface area contributed by atoms with Gasteiger partial charge in [0.2, 0.25) is 5.91 Å². The number of nitrogens with one attached hydrogen (secondary N) is 1. The van der Waals surface area contributed by atoms with Crippen molar-refractivity contribution in [3.63, 3.8) is 0 Å². The van der Waals surface area contributed by atoms with E-state index in [-0.39, 0.29) is 5.92 Å². The highest BCUT2D eigenvalue weighted by molar-refractivity contribution is 6.29. The minimum atomic E-state index is -0.458. The molecule has 0 aromatic carbocycles. The molecule has 1 amide bonds. The fourth-order valence-corrected chi connectivity index (χ4v) is 1.22. The van der Waals surface area contributed by atoms with E-state index in [0.29, 0.717) is 11.0 Å². The molecule has 0 radical (unpaired) electrons. The van der Waals surface area contributed by atoms with E-state index >= 15 is 0 Å². The van der Waals surface area contributed by atoms with Crippen molar-refractivity contribution in [2.45, 2.75) is 19.9 Å². The summed E-state index contributed by atoms with van der Waals surface area (Å²) in [6.07, 6.45) is 0. The first-order valence-electron chi connectivity index (χ1n) is 4.56. The zero-order valence-corrected chi connectivity index (χ0v) is 9.32. The van der Waals surface area contributed by atoms with Gasteiger partial charge in [0.05, 0.1) is 0 Å². The van der Waals surface area contributed by atoms with Gasteiger partial charge in [0.15, 0.2) is 5.15 Å². The molecule has 1 heterocycles. The Balaban J connectivity index is 2.74. The van der Waals surface area contributed by atoms with Crippen LogP contribution in [0.1, 0.15) is 13.8 Å². The summed E-state index contributed by atoms with van der Waals surface area (Å²) in [5.74, 6) is 0.152. The Morgan fingerprint density at radius 1 is 1.47 bits per heavy atom. The highest BCUT2D eigenvalue weighted by atomic mass is 35.5. The van der Waals surface area contributed by atoms with Gasteiger partial charge in [0, 0.05) is 0 Å². The Morgan fingerprint density at radius 3 is 2.53 bits per heavy atom. The number of amides is 1. The Labute approximate surface area is 93.0 Å². The van der Waals surface area contributed by atoms with Crippen molar-refractivity contribution < 1.29 is 4.79 Å². The molecule has 0 fully saturated rings. The zero-order chi connectivity index (χ0) is 11.4. The van der Waals surface area contributed by atoms with E-state index in [1.807, 2.05) is 13.8 Å². The minimum Gasteiger partial charge on any atom is -0.368 e. The predicted octanol–water partition coefficient (Wildman–Crippen LogP) is 1.05. The maximum Gasteiger partial charge on any atom is 0.240 e. The van der Waals surface area contributed by atoms with Crippen molar-refractivity contribution in [2.75, 3.05) is 5.32 Å².